The lowest BCUT2D eigenvalue weighted by molar-refractivity contribution is -0.137. The summed E-state index contributed by atoms with van der Waals surface area (Å²) in [7, 11) is -4.11. The summed E-state index contributed by atoms with van der Waals surface area (Å²) in [6, 6.07) is 13.3. The number of aromatic nitrogens is 3. The van der Waals surface area contributed by atoms with Gasteiger partial charge in [-0.1, -0.05) is 35.9 Å². The highest BCUT2D eigenvalue weighted by atomic mass is 35.5. The lowest BCUT2D eigenvalue weighted by Crippen LogP contribution is -2.31. The summed E-state index contributed by atoms with van der Waals surface area (Å²) in [5.41, 5.74) is 0.0124. The van der Waals surface area contributed by atoms with Crippen molar-refractivity contribution < 1.29 is 26.4 Å². The molecule has 0 unspecified atom stereocenters. The minimum atomic E-state index is -4.52. The number of nitrogens with zero attached hydrogens (tertiary/aromatic N) is 3. The number of imidazole rings is 1. The van der Waals surface area contributed by atoms with Gasteiger partial charge in [0.15, 0.2) is 5.65 Å². The Kier molecular flexibility index (Phi) is 6.09. The van der Waals surface area contributed by atoms with Gasteiger partial charge >= 0.3 is 6.18 Å². The van der Waals surface area contributed by atoms with Gasteiger partial charge in [0.2, 0.25) is 0 Å². The molecule has 0 bridgehead atoms. The molecule has 2 heterocycles. The van der Waals surface area contributed by atoms with E-state index in [1.54, 1.807) is 17.6 Å². The number of pyridine rings is 1. The average molecular weight is 509 g/mol. The van der Waals surface area contributed by atoms with E-state index in [-0.39, 0.29) is 27.8 Å². The van der Waals surface area contributed by atoms with Gasteiger partial charge in [-0.2, -0.15) is 13.2 Å². The van der Waals surface area contributed by atoms with Crippen LogP contribution >= 0.6 is 11.6 Å². The number of carbonyl (C=O) groups is 1. The van der Waals surface area contributed by atoms with Crippen LogP contribution in [0.2, 0.25) is 5.02 Å². The SMILES string of the molecule is Cc1nc2ccc(C(=O)NS(=O)(=O)c3ccccc3)nc2n1Cc1ccc(C(F)(F)F)cc1Cl. The fourth-order valence-electron chi connectivity index (χ4n) is 3.29. The van der Waals surface area contributed by atoms with E-state index in [0.29, 0.717) is 16.9 Å². The molecule has 4 rings (SSSR count). The first-order valence-corrected chi connectivity index (χ1v) is 11.6. The van der Waals surface area contributed by atoms with Crippen LogP contribution in [0.5, 0.6) is 0 Å². The van der Waals surface area contributed by atoms with Crippen LogP contribution in [0.25, 0.3) is 11.2 Å². The van der Waals surface area contributed by atoms with Gasteiger partial charge < -0.3 is 4.57 Å². The summed E-state index contributed by atoms with van der Waals surface area (Å²) in [6.07, 6.45) is -4.52. The highest BCUT2D eigenvalue weighted by Gasteiger charge is 2.31. The van der Waals surface area contributed by atoms with E-state index >= 15 is 0 Å². The Morgan fingerprint density at radius 2 is 1.76 bits per heavy atom. The number of nitrogens with one attached hydrogen (secondary N) is 1. The van der Waals surface area contributed by atoms with Crippen molar-refractivity contribution in [3.05, 3.63) is 88.3 Å². The van der Waals surface area contributed by atoms with Crippen molar-refractivity contribution >= 4 is 38.7 Å². The molecule has 0 aliphatic carbocycles. The van der Waals surface area contributed by atoms with Gasteiger partial charge in [-0.3, -0.25) is 4.79 Å². The molecule has 0 radical (unpaired) electrons. The second-order valence-corrected chi connectivity index (χ2v) is 9.43. The first kappa shape index (κ1) is 23.7. The van der Waals surface area contributed by atoms with Crippen LogP contribution in [0.3, 0.4) is 0 Å². The molecule has 0 saturated heterocycles. The second-order valence-electron chi connectivity index (χ2n) is 7.34. The maximum Gasteiger partial charge on any atom is 0.416 e. The van der Waals surface area contributed by atoms with Crippen LogP contribution in [-0.4, -0.2) is 28.9 Å². The van der Waals surface area contributed by atoms with Gasteiger partial charge in [-0.25, -0.2) is 23.1 Å². The molecule has 0 fully saturated rings. The molecule has 2 aromatic carbocycles. The first-order valence-electron chi connectivity index (χ1n) is 9.77. The Balaban J connectivity index is 1.66. The standard InChI is InChI=1S/C22H16ClF3N4O3S/c1-13-27-18-9-10-19(21(31)29-34(32,33)16-5-3-2-4-6-16)28-20(18)30(13)12-14-7-8-15(11-17(14)23)22(24,25)26/h2-11H,12H2,1H3,(H,29,31). The Hall–Kier alpha value is -3.44. The highest BCUT2D eigenvalue weighted by molar-refractivity contribution is 7.90. The molecule has 0 atom stereocenters. The van der Waals surface area contributed by atoms with Crippen molar-refractivity contribution in [3.8, 4) is 0 Å². The third kappa shape index (κ3) is 4.75. The maximum atomic E-state index is 12.9. The smallest absolute Gasteiger partial charge is 0.308 e. The number of sulfonamides is 1. The maximum absolute atomic E-state index is 12.9. The van der Waals surface area contributed by atoms with Gasteiger partial charge in [0.25, 0.3) is 15.9 Å². The van der Waals surface area contributed by atoms with Crippen molar-refractivity contribution in [2.24, 2.45) is 0 Å². The number of benzene rings is 2. The number of carbonyl (C=O) groups excluding carboxylic acids is 1. The highest BCUT2D eigenvalue weighted by Crippen LogP contribution is 2.32. The zero-order valence-electron chi connectivity index (χ0n) is 17.5. The molecule has 1 N–H and O–H groups in total. The van der Waals surface area contributed by atoms with Crippen LogP contribution in [-0.2, 0) is 22.7 Å². The van der Waals surface area contributed by atoms with Gasteiger partial charge in [0.1, 0.15) is 17.0 Å². The molecular weight excluding hydrogens is 493 g/mol. The quantitative estimate of drug-likeness (QED) is 0.426. The molecule has 12 heteroatoms. The van der Waals surface area contributed by atoms with E-state index in [0.717, 1.165) is 12.1 Å². The number of fused-ring (bicyclic) bond motifs is 1. The Morgan fingerprint density at radius 3 is 2.41 bits per heavy atom. The van der Waals surface area contributed by atoms with E-state index in [1.807, 2.05) is 4.72 Å². The van der Waals surface area contributed by atoms with Crippen molar-refractivity contribution in [2.75, 3.05) is 0 Å². The number of alkyl halides is 3. The van der Waals surface area contributed by atoms with Crippen LogP contribution < -0.4 is 4.72 Å². The normalized spacial score (nSPS) is 12.1. The molecule has 176 valence electrons. The third-order valence-electron chi connectivity index (χ3n) is 5.01. The molecule has 0 aliphatic rings. The number of halogens is 4. The number of hydrogen-bond acceptors (Lipinski definition) is 5. The topological polar surface area (TPSA) is 93.9 Å². The zero-order valence-corrected chi connectivity index (χ0v) is 19.0. The van der Waals surface area contributed by atoms with Crippen LogP contribution in [0, 0.1) is 6.92 Å². The third-order valence-corrected chi connectivity index (χ3v) is 6.70. The minimum absolute atomic E-state index is 0.0414. The molecule has 0 aliphatic heterocycles. The van der Waals surface area contributed by atoms with Crippen LogP contribution in [0.4, 0.5) is 13.2 Å². The molecule has 4 aromatic rings. The average Bonchev–Trinajstić information content (AvgIpc) is 3.09. The van der Waals surface area contributed by atoms with Crippen molar-refractivity contribution in [1.29, 1.82) is 0 Å². The number of hydrogen-bond donors (Lipinski definition) is 1. The zero-order chi connectivity index (χ0) is 24.7. The number of amides is 1. The van der Waals surface area contributed by atoms with Gasteiger partial charge in [0, 0.05) is 5.02 Å². The van der Waals surface area contributed by atoms with E-state index in [4.69, 9.17) is 11.6 Å². The number of aryl methyl sites for hydroxylation is 1. The monoisotopic (exact) mass is 508 g/mol. The van der Waals surface area contributed by atoms with Crippen molar-refractivity contribution in [3.63, 3.8) is 0 Å². The Morgan fingerprint density at radius 1 is 1.06 bits per heavy atom. The molecule has 34 heavy (non-hydrogen) atoms. The summed E-state index contributed by atoms with van der Waals surface area (Å²) < 4.78 is 67.3. The summed E-state index contributed by atoms with van der Waals surface area (Å²) in [6.45, 7) is 1.71. The summed E-state index contributed by atoms with van der Waals surface area (Å²) >= 11 is 6.08. The minimum Gasteiger partial charge on any atom is -0.308 e. The van der Waals surface area contributed by atoms with Gasteiger partial charge in [0.05, 0.1) is 17.0 Å². The lowest BCUT2D eigenvalue weighted by Gasteiger charge is -2.12. The summed E-state index contributed by atoms with van der Waals surface area (Å²) in [5, 5.41) is -0.0843. The number of rotatable bonds is 5. The molecule has 2 aromatic heterocycles. The van der Waals surface area contributed by atoms with E-state index in [2.05, 4.69) is 9.97 Å². The summed E-state index contributed by atoms with van der Waals surface area (Å²) in [4.78, 5) is 21.2. The largest absolute Gasteiger partial charge is 0.416 e. The fraction of sp³-hybridized carbons (Fsp3) is 0.136. The second kappa shape index (κ2) is 8.73. The Bertz CT molecular complexity index is 1500. The lowest BCUT2D eigenvalue weighted by atomic mass is 10.1. The molecule has 0 spiro atoms. The van der Waals surface area contributed by atoms with Crippen LogP contribution in [0.15, 0.2) is 65.6 Å². The molecule has 0 saturated carbocycles. The molecule has 1 amide bonds. The van der Waals surface area contributed by atoms with Crippen molar-refractivity contribution in [2.45, 2.75) is 24.5 Å². The van der Waals surface area contributed by atoms with Crippen LogP contribution in [0.1, 0.15) is 27.4 Å². The van der Waals surface area contributed by atoms with Gasteiger partial charge in [-0.15, -0.1) is 0 Å². The first-order chi connectivity index (χ1) is 16.0. The fourth-order valence-corrected chi connectivity index (χ4v) is 4.51. The molecular formula is C22H16ClF3N4O3S. The van der Waals surface area contributed by atoms with Gasteiger partial charge in [-0.05, 0) is 48.9 Å². The molecule has 7 nitrogen and oxygen atoms in total. The summed E-state index contributed by atoms with van der Waals surface area (Å²) in [5.74, 6) is -0.461. The van der Waals surface area contributed by atoms with E-state index < -0.39 is 27.7 Å². The Labute approximate surface area is 197 Å². The van der Waals surface area contributed by atoms with E-state index in [1.165, 1.54) is 42.5 Å². The van der Waals surface area contributed by atoms with Crippen molar-refractivity contribution in [1.82, 2.24) is 19.3 Å². The predicted octanol–water partition coefficient (Wildman–Crippen LogP) is 4.58. The predicted molar refractivity (Wildman–Crippen MR) is 119 cm³/mol. The van der Waals surface area contributed by atoms with E-state index in [9.17, 15) is 26.4 Å².